The monoisotopic (exact) mass is 520 g/mol. The maximum Gasteiger partial charge on any atom is 0.232 e. The molecule has 8 heteroatoms. The third kappa shape index (κ3) is 4.73. The highest BCUT2D eigenvalue weighted by Crippen LogP contribution is 2.35. The molecule has 0 radical (unpaired) electrons. The van der Waals surface area contributed by atoms with Crippen LogP contribution in [0, 0.1) is 0 Å². The first-order valence-corrected chi connectivity index (χ1v) is 13.0. The van der Waals surface area contributed by atoms with Crippen LogP contribution < -0.4 is 9.62 Å². The number of hydrogen-bond donors (Lipinski definition) is 1. The van der Waals surface area contributed by atoms with Crippen molar-refractivity contribution in [2.24, 2.45) is 0 Å². The highest BCUT2D eigenvalue weighted by molar-refractivity contribution is 9.10. The summed E-state index contributed by atoms with van der Waals surface area (Å²) in [6, 6.07) is 15.2. The number of rotatable bonds is 7. The fourth-order valence-electron chi connectivity index (χ4n) is 4.08. The number of benzene rings is 3. The molecule has 31 heavy (non-hydrogen) atoms. The van der Waals surface area contributed by atoms with Crippen LogP contribution in [0.25, 0.3) is 10.8 Å². The Bertz CT molecular complexity index is 1270. The summed E-state index contributed by atoms with van der Waals surface area (Å²) in [5.74, 6) is -0.138. The van der Waals surface area contributed by atoms with Gasteiger partial charge in [0.15, 0.2) is 0 Å². The standard InChI is InChI=1S/C23H22BrClN2O3S/c1-31(29,30)27(17-10-11-19(24)20(25)14-17)13-3-6-22(28)26-21-12-9-16-8-7-15-4-2-5-18(21)23(15)16/h2,4-5,9-12,14H,3,6-8,13H2,1H3,(H,26,28). The molecule has 0 unspecified atom stereocenters. The lowest BCUT2D eigenvalue weighted by molar-refractivity contribution is -0.116. The molecule has 1 amide bonds. The Balaban J connectivity index is 1.44. The molecule has 0 aliphatic heterocycles. The molecule has 1 N–H and O–H groups in total. The number of amides is 1. The summed E-state index contributed by atoms with van der Waals surface area (Å²) in [5.41, 5.74) is 3.91. The van der Waals surface area contributed by atoms with E-state index >= 15 is 0 Å². The van der Waals surface area contributed by atoms with Crippen LogP contribution >= 0.6 is 27.5 Å². The fraction of sp³-hybridized carbons (Fsp3) is 0.261. The molecule has 0 spiro atoms. The quantitative estimate of drug-likeness (QED) is 0.444. The summed E-state index contributed by atoms with van der Waals surface area (Å²) in [7, 11) is -3.51. The van der Waals surface area contributed by atoms with Gasteiger partial charge in [0.05, 0.1) is 17.0 Å². The van der Waals surface area contributed by atoms with E-state index in [9.17, 15) is 13.2 Å². The average Bonchev–Trinajstić information content (AvgIpc) is 3.13. The number of sulfonamides is 1. The van der Waals surface area contributed by atoms with Gasteiger partial charge in [-0.25, -0.2) is 8.42 Å². The van der Waals surface area contributed by atoms with E-state index < -0.39 is 10.0 Å². The van der Waals surface area contributed by atoms with E-state index in [1.165, 1.54) is 20.8 Å². The third-order valence-corrected chi connectivity index (χ3v) is 7.93. The number of nitrogens with zero attached hydrogens (tertiary/aromatic N) is 1. The normalized spacial score (nSPS) is 12.9. The Hall–Kier alpha value is -2.09. The molecule has 0 aromatic heterocycles. The van der Waals surface area contributed by atoms with Gasteiger partial charge in [-0.1, -0.05) is 35.9 Å². The molecule has 1 aliphatic rings. The number of nitrogens with one attached hydrogen (secondary N) is 1. The van der Waals surface area contributed by atoms with Crippen molar-refractivity contribution in [1.82, 2.24) is 0 Å². The third-order valence-electron chi connectivity index (χ3n) is 5.51. The summed E-state index contributed by atoms with van der Waals surface area (Å²) in [4.78, 5) is 12.6. The van der Waals surface area contributed by atoms with Gasteiger partial charge in [-0.05, 0) is 76.0 Å². The van der Waals surface area contributed by atoms with Gasteiger partial charge in [-0.2, -0.15) is 0 Å². The number of carbonyl (C=O) groups excluding carboxylic acids is 1. The SMILES string of the molecule is CS(=O)(=O)N(CCCC(=O)Nc1ccc2c3c(cccc13)CC2)c1ccc(Br)c(Cl)c1. The van der Waals surface area contributed by atoms with E-state index in [0.717, 1.165) is 30.2 Å². The summed E-state index contributed by atoms with van der Waals surface area (Å²) in [6.07, 6.45) is 3.81. The largest absolute Gasteiger partial charge is 0.326 e. The minimum absolute atomic E-state index is 0.138. The van der Waals surface area contributed by atoms with Crippen LogP contribution in [-0.2, 0) is 27.7 Å². The average molecular weight is 522 g/mol. The number of carbonyl (C=O) groups is 1. The minimum Gasteiger partial charge on any atom is -0.326 e. The molecule has 4 rings (SSSR count). The van der Waals surface area contributed by atoms with Crippen LogP contribution in [0.1, 0.15) is 24.0 Å². The van der Waals surface area contributed by atoms with E-state index in [2.05, 4.69) is 33.4 Å². The molecule has 162 valence electrons. The molecule has 3 aromatic carbocycles. The summed E-state index contributed by atoms with van der Waals surface area (Å²) >= 11 is 9.43. The van der Waals surface area contributed by atoms with E-state index in [1.54, 1.807) is 18.2 Å². The molecular weight excluding hydrogens is 500 g/mol. The number of hydrogen-bond acceptors (Lipinski definition) is 3. The van der Waals surface area contributed by atoms with Gasteiger partial charge in [-0.15, -0.1) is 0 Å². The Kier molecular flexibility index (Phi) is 6.28. The summed E-state index contributed by atoms with van der Waals surface area (Å²) < 4.78 is 26.5. The molecule has 3 aromatic rings. The second kappa shape index (κ2) is 8.81. The van der Waals surface area contributed by atoms with Crippen molar-refractivity contribution < 1.29 is 13.2 Å². The second-order valence-electron chi connectivity index (χ2n) is 7.70. The lowest BCUT2D eigenvalue weighted by atomic mass is 10.0. The smallest absolute Gasteiger partial charge is 0.232 e. The van der Waals surface area contributed by atoms with Gasteiger partial charge in [0.2, 0.25) is 15.9 Å². The number of anilines is 2. The fourth-order valence-corrected chi connectivity index (χ4v) is 5.46. The maximum absolute atomic E-state index is 12.6. The van der Waals surface area contributed by atoms with E-state index in [4.69, 9.17) is 11.6 Å². The topological polar surface area (TPSA) is 66.5 Å². The van der Waals surface area contributed by atoms with Crippen LogP contribution in [-0.4, -0.2) is 27.1 Å². The van der Waals surface area contributed by atoms with Gasteiger partial charge < -0.3 is 5.32 Å². The van der Waals surface area contributed by atoms with Crippen LogP contribution in [0.15, 0.2) is 53.0 Å². The molecule has 0 saturated heterocycles. The highest BCUT2D eigenvalue weighted by atomic mass is 79.9. The van der Waals surface area contributed by atoms with Gasteiger partial charge >= 0.3 is 0 Å². The van der Waals surface area contributed by atoms with Crippen molar-refractivity contribution in [3.05, 3.63) is 69.2 Å². The Morgan fingerprint density at radius 3 is 2.58 bits per heavy atom. The predicted octanol–water partition coefficient (Wildman–Crippen LogP) is 5.54. The first-order valence-electron chi connectivity index (χ1n) is 10.00. The lowest BCUT2D eigenvalue weighted by Crippen LogP contribution is -2.31. The number of halogens is 2. The second-order valence-corrected chi connectivity index (χ2v) is 10.9. The first kappa shape index (κ1) is 22.1. The van der Waals surface area contributed by atoms with E-state index in [-0.39, 0.29) is 18.9 Å². The van der Waals surface area contributed by atoms with Gasteiger partial charge in [0.1, 0.15) is 0 Å². The van der Waals surface area contributed by atoms with Crippen molar-refractivity contribution in [3.8, 4) is 0 Å². The maximum atomic E-state index is 12.6. The number of aryl methyl sites for hydroxylation is 2. The van der Waals surface area contributed by atoms with Crippen molar-refractivity contribution in [2.45, 2.75) is 25.7 Å². The zero-order valence-electron chi connectivity index (χ0n) is 17.0. The van der Waals surface area contributed by atoms with Gasteiger partial charge in [0, 0.05) is 28.5 Å². The predicted molar refractivity (Wildman–Crippen MR) is 131 cm³/mol. The molecule has 1 aliphatic carbocycles. The highest BCUT2D eigenvalue weighted by Gasteiger charge is 2.19. The van der Waals surface area contributed by atoms with Crippen LogP contribution in [0.5, 0.6) is 0 Å². The lowest BCUT2D eigenvalue weighted by Gasteiger charge is -2.22. The zero-order valence-corrected chi connectivity index (χ0v) is 20.1. The molecule has 0 heterocycles. The molecule has 0 saturated carbocycles. The Labute approximate surface area is 195 Å². The molecule has 0 fully saturated rings. The van der Waals surface area contributed by atoms with Gasteiger partial charge in [0.25, 0.3) is 0 Å². The van der Waals surface area contributed by atoms with Crippen LogP contribution in [0.3, 0.4) is 0 Å². The Morgan fingerprint density at radius 2 is 1.87 bits per heavy atom. The Morgan fingerprint density at radius 1 is 1.13 bits per heavy atom. The molecule has 5 nitrogen and oxygen atoms in total. The van der Waals surface area contributed by atoms with Crippen molar-refractivity contribution >= 4 is 65.6 Å². The van der Waals surface area contributed by atoms with E-state index in [0.29, 0.717) is 21.6 Å². The van der Waals surface area contributed by atoms with Crippen molar-refractivity contribution in [2.75, 3.05) is 22.4 Å². The first-order chi connectivity index (χ1) is 14.7. The summed E-state index contributed by atoms with van der Waals surface area (Å²) in [6.45, 7) is 0.189. The molecule has 0 atom stereocenters. The summed E-state index contributed by atoms with van der Waals surface area (Å²) in [5, 5.41) is 5.73. The van der Waals surface area contributed by atoms with Gasteiger partial charge in [-0.3, -0.25) is 9.10 Å². The minimum atomic E-state index is -3.51. The van der Waals surface area contributed by atoms with E-state index in [1.807, 2.05) is 18.2 Å². The zero-order chi connectivity index (χ0) is 22.2. The molecular formula is C23H22BrClN2O3S. The van der Waals surface area contributed by atoms with Crippen LogP contribution in [0.4, 0.5) is 11.4 Å². The van der Waals surface area contributed by atoms with Crippen molar-refractivity contribution in [1.29, 1.82) is 0 Å². The molecule has 0 bridgehead atoms. The van der Waals surface area contributed by atoms with Crippen LogP contribution in [0.2, 0.25) is 5.02 Å². The van der Waals surface area contributed by atoms with Crippen molar-refractivity contribution in [3.63, 3.8) is 0 Å².